The van der Waals surface area contributed by atoms with Gasteiger partial charge in [-0.1, -0.05) is 77.4 Å². The van der Waals surface area contributed by atoms with Gasteiger partial charge in [0, 0.05) is 0 Å². The molecule has 0 N–H and O–H groups in total. The van der Waals surface area contributed by atoms with Crippen molar-refractivity contribution in [2.24, 2.45) is 11.8 Å². The molecule has 0 aromatic carbocycles. The van der Waals surface area contributed by atoms with Gasteiger partial charge in [-0.15, -0.1) is 13.2 Å². The molecule has 0 amide bonds. The number of hydrogen-bond donors (Lipinski definition) is 0. The first-order valence-electron chi connectivity index (χ1n) is 11.0. The average molecular weight is 379 g/mol. The molecule has 0 fully saturated rings. The van der Waals surface area contributed by atoms with Gasteiger partial charge in [-0.3, -0.25) is 9.59 Å². The van der Waals surface area contributed by atoms with E-state index < -0.39 is 0 Å². The summed E-state index contributed by atoms with van der Waals surface area (Å²) in [7, 11) is 0. The third kappa shape index (κ3) is 15.4. The molecule has 0 aromatic rings. The van der Waals surface area contributed by atoms with Gasteiger partial charge in [0.2, 0.25) is 0 Å². The van der Waals surface area contributed by atoms with Crippen LogP contribution in [0.1, 0.15) is 104 Å². The highest BCUT2D eigenvalue weighted by Crippen LogP contribution is 2.17. The monoisotopic (exact) mass is 378 g/mol. The summed E-state index contributed by atoms with van der Waals surface area (Å²) in [6.45, 7) is 11.2. The van der Waals surface area contributed by atoms with Crippen molar-refractivity contribution in [3.8, 4) is 0 Å². The van der Waals surface area contributed by atoms with Gasteiger partial charge in [0.05, 0.1) is 11.8 Å². The molecule has 0 rings (SSSR count). The Kier molecular flexibility index (Phi) is 17.1. The number of carbonyl (C=O) groups is 2. The minimum atomic E-state index is -0.358. The van der Waals surface area contributed by atoms with Crippen molar-refractivity contribution in [1.29, 1.82) is 0 Å². The zero-order valence-electron chi connectivity index (χ0n) is 17.8. The van der Waals surface area contributed by atoms with Crippen molar-refractivity contribution in [3.05, 3.63) is 25.3 Å². The molecule has 0 aliphatic rings. The maximum Gasteiger partial charge on any atom is 0.316 e. The van der Waals surface area contributed by atoms with E-state index >= 15 is 0 Å². The number of carbonyl (C=O) groups excluding carboxylic acids is 2. The van der Waals surface area contributed by atoms with Gasteiger partial charge in [-0.2, -0.15) is 0 Å². The Morgan fingerprint density at radius 1 is 0.667 bits per heavy atom. The second-order valence-corrected chi connectivity index (χ2v) is 7.81. The minimum Gasteiger partial charge on any atom is -0.393 e. The van der Waals surface area contributed by atoms with E-state index in [1.165, 1.54) is 38.5 Å². The molecular formula is C24H42O3. The van der Waals surface area contributed by atoms with E-state index in [4.69, 9.17) is 4.74 Å². The highest BCUT2D eigenvalue weighted by Gasteiger charge is 2.21. The first-order valence-corrected chi connectivity index (χ1v) is 11.0. The minimum absolute atomic E-state index is 0.195. The molecule has 0 aliphatic heterocycles. The predicted octanol–water partition coefficient (Wildman–Crippen LogP) is 7.16. The van der Waals surface area contributed by atoms with Crippen molar-refractivity contribution in [2.45, 2.75) is 104 Å². The molecule has 3 nitrogen and oxygen atoms in total. The largest absolute Gasteiger partial charge is 0.393 e. The standard InChI is InChI=1S/C24H42O3/c1-5-7-9-11-13-15-17-19-21(3)23(25)27-24(26)22(4)20-18-16-14-12-10-8-6-2/h5-6,21-22H,1-2,7-20H2,3-4H3. The molecule has 0 aromatic heterocycles. The van der Waals surface area contributed by atoms with Crippen LogP contribution in [0.15, 0.2) is 25.3 Å². The van der Waals surface area contributed by atoms with Crippen LogP contribution in [-0.2, 0) is 14.3 Å². The lowest BCUT2D eigenvalue weighted by atomic mass is 10.0. The molecule has 0 saturated heterocycles. The van der Waals surface area contributed by atoms with Gasteiger partial charge in [-0.25, -0.2) is 0 Å². The van der Waals surface area contributed by atoms with Crippen LogP contribution in [0.2, 0.25) is 0 Å². The SMILES string of the molecule is C=CCCCCCCCC(C)C(=O)OC(=O)C(C)CCCCCCCC=C. The normalized spacial score (nSPS) is 13.0. The number of rotatable bonds is 18. The Hall–Kier alpha value is -1.38. The molecule has 156 valence electrons. The third-order valence-electron chi connectivity index (χ3n) is 5.10. The molecular weight excluding hydrogens is 336 g/mol. The summed E-state index contributed by atoms with van der Waals surface area (Å²) in [6.07, 6.45) is 19.2. The Labute approximate surface area is 167 Å². The van der Waals surface area contributed by atoms with E-state index in [9.17, 15) is 9.59 Å². The molecule has 3 heteroatoms. The number of hydrogen-bond acceptors (Lipinski definition) is 3. The fourth-order valence-corrected chi connectivity index (χ4v) is 3.08. The van der Waals surface area contributed by atoms with Crippen molar-refractivity contribution < 1.29 is 14.3 Å². The smallest absolute Gasteiger partial charge is 0.316 e. The van der Waals surface area contributed by atoms with Gasteiger partial charge in [-0.05, 0) is 38.5 Å². The Balaban J connectivity index is 3.76. The summed E-state index contributed by atoms with van der Waals surface area (Å²) >= 11 is 0. The van der Waals surface area contributed by atoms with E-state index in [0.29, 0.717) is 0 Å². The average Bonchev–Trinajstić information content (AvgIpc) is 2.66. The summed E-state index contributed by atoms with van der Waals surface area (Å²) in [4.78, 5) is 24.2. The summed E-state index contributed by atoms with van der Waals surface area (Å²) < 4.78 is 5.09. The molecule has 0 aliphatic carbocycles. The second kappa shape index (κ2) is 18.0. The number of ether oxygens (including phenoxy) is 1. The van der Waals surface area contributed by atoms with Crippen LogP contribution in [-0.4, -0.2) is 11.9 Å². The first-order chi connectivity index (χ1) is 13.0. The van der Waals surface area contributed by atoms with Crippen LogP contribution in [0, 0.1) is 11.8 Å². The van der Waals surface area contributed by atoms with E-state index in [2.05, 4.69) is 13.2 Å². The zero-order valence-corrected chi connectivity index (χ0v) is 17.8. The number of esters is 2. The first kappa shape index (κ1) is 25.6. The lowest BCUT2D eigenvalue weighted by Gasteiger charge is -2.13. The van der Waals surface area contributed by atoms with Crippen LogP contribution in [0.4, 0.5) is 0 Å². The fraction of sp³-hybridized carbons (Fsp3) is 0.750. The summed E-state index contributed by atoms with van der Waals surface area (Å²) in [6, 6.07) is 0. The van der Waals surface area contributed by atoms with Crippen LogP contribution < -0.4 is 0 Å². The van der Waals surface area contributed by atoms with Gasteiger partial charge >= 0.3 is 11.9 Å². The van der Waals surface area contributed by atoms with Gasteiger partial charge in [0.15, 0.2) is 0 Å². The van der Waals surface area contributed by atoms with Gasteiger partial charge < -0.3 is 4.74 Å². The molecule has 2 atom stereocenters. The molecule has 0 saturated carbocycles. The Morgan fingerprint density at radius 2 is 1.00 bits per heavy atom. The quantitative estimate of drug-likeness (QED) is 0.110. The summed E-state index contributed by atoms with van der Waals surface area (Å²) in [5.74, 6) is -1.11. The highest BCUT2D eigenvalue weighted by molar-refractivity contribution is 5.87. The van der Waals surface area contributed by atoms with Crippen molar-refractivity contribution in [2.75, 3.05) is 0 Å². The van der Waals surface area contributed by atoms with E-state index in [1.807, 2.05) is 26.0 Å². The van der Waals surface area contributed by atoms with Crippen LogP contribution in [0.5, 0.6) is 0 Å². The number of unbranched alkanes of at least 4 members (excludes halogenated alkanes) is 10. The molecule has 2 unspecified atom stereocenters. The lowest BCUT2D eigenvalue weighted by Crippen LogP contribution is -2.23. The molecule has 0 spiro atoms. The molecule has 0 radical (unpaired) electrons. The molecule has 0 bridgehead atoms. The van der Waals surface area contributed by atoms with Gasteiger partial charge in [0.1, 0.15) is 0 Å². The molecule has 0 heterocycles. The highest BCUT2D eigenvalue weighted by atomic mass is 16.6. The topological polar surface area (TPSA) is 43.4 Å². The third-order valence-corrected chi connectivity index (χ3v) is 5.10. The molecule has 27 heavy (non-hydrogen) atoms. The predicted molar refractivity (Wildman–Crippen MR) is 114 cm³/mol. The van der Waals surface area contributed by atoms with Crippen LogP contribution >= 0.6 is 0 Å². The summed E-state index contributed by atoms with van der Waals surface area (Å²) in [5.41, 5.74) is 0. The van der Waals surface area contributed by atoms with Crippen LogP contribution in [0.25, 0.3) is 0 Å². The fourth-order valence-electron chi connectivity index (χ4n) is 3.08. The van der Waals surface area contributed by atoms with Crippen molar-refractivity contribution >= 4 is 11.9 Å². The van der Waals surface area contributed by atoms with Crippen molar-refractivity contribution in [3.63, 3.8) is 0 Å². The zero-order chi connectivity index (χ0) is 20.3. The van der Waals surface area contributed by atoms with Gasteiger partial charge in [0.25, 0.3) is 0 Å². The van der Waals surface area contributed by atoms with E-state index in [1.54, 1.807) is 0 Å². The maximum atomic E-state index is 12.1. The lowest BCUT2D eigenvalue weighted by molar-refractivity contribution is -0.165. The maximum absolute atomic E-state index is 12.1. The Morgan fingerprint density at radius 3 is 1.37 bits per heavy atom. The summed E-state index contributed by atoms with van der Waals surface area (Å²) in [5, 5.41) is 0. The van der Waals surface area contributed by atoms with Crippen LogP contribution in [0.3, 0.4) is 0 Å². The van der Waals surface area contributed by atoms with E-state index in [-0.39, 0.29) is 23.8 Å². The van der Waals surface area contributed by atoms with E-state index in [0.717, 1.165) is 51.4 Å². The Bertz CT molecular complexity index is 376. The number of allylic oxidation sites excluding steroid dienone is 2. The van der Waals surface area contributed by atoms with Crippen molar-refractivity contribution in [1.82, 2.24) is 0 Å². The second-order valence-electron chi connectivity index (χ2n) is 7.81.